The molecule has 0 aliphatic rings. The average molecular weight is 282 g/mol. The number of alkyl halides is 3. The Hall–Kier alpha value is -1.06. The minimum Gasteiger partial charge on any atom is -0.396 e. The van der Waals surface area contributed by atoms with Gasteiger partial charge in [-0.25, -0.2) is 15.8 Å². The summed E-state index contributed by atoms with van der Waals surface area (Å²) in [6.45, 7) is 1.75. The third-order valence-electron chi connectivity index (χ3n) is 1.96. The number of aromatic nitrogens is 2. The summed E-state index contributed by atoms with van der Waals surface area (Å²) in [5.74, 6) is 3.72. The lowest BCUT2D eigenvalue weighted by molar-refractivity contribution is -0.145. The van der Waals surface area contributed by atoms with Gasteiger partial charge in [0.15, 0.2) is 0 Å². The van der Waals surface area contributed by atoms with Gasteiger partial charge in [0, 0.05) is 17.9 Å². The van der Waals surface area contributed by atoms with E-state index in [1.807, 2.05) is 0 Å². The number of aliphatic hydroxyl groups is 1. The van der Waals surface area contributed by atoms with E-state index in [2.05, 4.69) is 15.4 Å². The van der Waals surface area contributed by atoms with E-state index in [0.717, 1.165) is 11.8 Å². The van der Waals surface area contributed by atoms with Crippen LogP contribution in [0.25, 0.3) is 0 Å². The van der Waals surface area contributed by atoms with Crippen LogP contribution in [0.2, 0.25) is 0 Å². The van der Waals surface area contributed by atoms with Gasteiger partial charge in [-0.3, -0.25) is 0 Å². The van der Waals surface area contributed by atoms with E-state index in [1.165, 1.54) is 6.07 Å². The molecule has 1 rings (SSSR count). The summed E-state index contributed by atoms with van der Waals surface area (Å²) in [6, 6.07) is 1.33. The Morgan fingerprint density at radius 1 is 1.50 bits per heavy atom. The number of anilines is 1. The number of hydrazine groups is 1. The van der Waals surface area contributed by atoms with Crippen LogP contribution in [0.5, 0.6) is 0 Å². The average Bonchev–Trinajstić information content (AvgIpc) is 2.27. The van der Waals surface area contributed by atoms with Gasteiger partial charge in [-0.1, -0.05) is 6.92 Å². The molecule has 5 nitrogen and oxygen atoms in total. The van der Waals surface area contributed by atoms with Crippen molar-refractivity contribution in [3.63, 3.8) is 0 Å². The monoisotopic (exact) mass is 282 g/mol. The fourth-order valence-electron chi connectivity index (χ4n) is 1.13. The largest absolute Gasteiger partial charge is 0.451 e. The molecule has 1 unspecified atom stereocenters. The summed E-state index contributed by atoms with van der Waals surface area (Å²) in [5, 5.41) is 8.84. The standard InChI is InChI=1S/C9H13F3N4OS/c1-5(2-3-17)18-7-4-6(16-13)14-8(15-7)9(10,11)12/h4-5,17H,2-3,13H2,1H3,(H,14,15,16). The Morgan fingerprint density at radius 2 is 2.17 bits per heavy atom. The number of hydrogen-bond donors (Lipinski definition) is 3. The summed E-state index contributed by atoms with van der Waals surface area (Å²) in [6.07, 6.45) is -4.16. The fourth-order valence-corrected chi connectivity index (χ4v) is 2.09. The summed E-state index contributed by atoms with van der Waals surface area (Å²) in [5.41, 5.74) is 2.07. The Bertz CT molecular complexity index is 402. The lowest BCUT2D eigenvalue weighted by atomic mass is 10.3. The van der Waals surface area contributed by atoms with Crippen LogP contribution in [0.1, 0.15) is 19.2 Å². The van der Waals surface area contributed by atoms with Crippen LogP contribution in [0.3, 0.4) is 0 Å². The molecule has 0 spiro atoms. The highest BCUT2D eigenvalue weighted by Gasteiger charge is 2.35. The molecule has 0 aliphatic carbocycles. The number of rotatable bonds is 5. The molecule has 102 valence electrons. The van der Waals surface area contributed by atoms with E-state index in [1.54, 1.807) is 6.92 Å². The first-order valence-electron chi connectivity index (χ1n) is 5.07. The third kappa shape index (κ3) is 4.31. The van der Waals surface area contributed by atoms with Crippen LogP contribution >= 0.6 is 11.8 Å². The third-order valence-corrected chi connectivity index (χ3v) is 3.05. The number of nitrogens with one attached hydrogen (secondary N) is 1. The molecule has 1 aromatic heterocycles. The van der Waals surface area contributed by atoms with Gasteiger partial charge in [-0.2, -0.15) is 13.2 Å². The normalized spacial score (nSPS) is 13.4. The number of hydrogen-bond acceptors (Lipinski definition) is 6. The maximum absolute atomic E-state index is 12.5. The quantitative estimate of drug-likeness (QED) is 0.329. The van der Waals surface area contributed by atoms with Crippen molar-refractivity contribution in [1.29, 1.82) is 0 Å². The molecule has 1 atom stereocenters. The summed E-state index contributed by atoms with van der Waals surface area (Å²) < 4.78 is 37.6. The maximum atomic E-state index is 12.5. The van der Waals surface area contributed by atoms with Crippen molar-refractivity contribution >= 4 is 17.6 Å². The van der Waals surface area contributed by atoms with Crippen LogP contribution in [-0.4, -0.2) is 26.9 Å². The molecule has 0 aromatic carbocycles. The molecule has 0 saturated carbocycles. The lowest BCUT2D eigenvalue weighted by Gasteiger charge is -2.12. The summed E-state index contributed by atoms with van der Waals surface area (Å²) in [7, 11) is 0. The van der Waals surface area contributed by atoms with Crippen LogP contribution in [0.4, 0.5) is 19.0 Å². The van der Waals surface area contributed by atoms with Crippen molar-refractivity contribution in [3.05, 3.63) is 11.9 Å². The number of halogens is 3. The van der Waals surface area contributed by atoms with E-state index in [-0.39, 0.29) is 22.7 Å². The second-order valence-corrected chi connectivity index (χ2v) is 4.96. The van der Waals surface area contributed by atoms with Gasteiger partial charge in [0.2, 0.25) is 5.82 Å². The fraction of sp³-hybridized carbons (Fsp3) is 0.556. The first-order valence-corrected chi connectivity index (χ1v) is 5.95. The highest BCUT2D eigenvalue weighted by molar-refractivity contribution is 7.99. The second kappa shape index (κ2) is 6.21. The lowest BCUT2D eigenvalue weighted by Crippen LogP contribution is -2.16. The van der Waals surface area contributed by atoms with Gasteiger partial charge in [-0.05, 0) is 6.42 Å². The number of aliphatic hydroxyl groups excluding tert-OH is 1. The van der Waals surface area contributed by atoms with Gasteiger partial charge in [0.05, 0.1) is 0 Å². The molecule has 0 amide bonds. The predicted molar refractivity (Wildman–Crippen MR) is 61.9 cm³/mol. The number of nitrogen functional groups attached to an aromatic ring is 1. The molecule has 0 fully saturated rings. The molecule has 1 heterocycles. The topological polar surface area (TPSA) is 84.1 Å². The molecule has 0 bridgehead atoms. The summed E-state index contributed by atoms with van der Waals surface area (Å²) >= 11 is 1.12. The van der Waals surface area contributed by atoms with Crippen molar-refractivity contribution in [2.75, 3.05) is 12.0 Å². The SMILES string of the molecule is CC(CCO)Sc1cc(NN)nc(C(F)(F)F)n1. The van der Waals surface area contributed by atoms with Gasteiger partial charge in [0.25, 0.3) is 0 Å². The van der Waals surface area contributed by atoms with E-state index in [4.69, 9.17) is 10.9 Å². The van der Waals surface area contributed by atoms with Gasteiger partial charge in [-0.15, -0.1) is 11.8 Å². The number of nitrogens with two attached hydrogens (primary N) is 1. The minimum atomic E-state index is -4.62. The van der Waals surface area contributed by atoms with Crippen molar-refractivity contribution in [2.45, 2.75) is 29.8 Å². The van der Waals surface area contributed by atoms with Crippen LogP contribution in [-0.2, 0) is 6.18 Å². The minimum absolute atomic E-state index is 0.0344. The Kier molecular flexibility index (Phi) is 5.17. The molecule has 0 aliphatic heterocycles. The van der Waals surface area contributed by atoms with Crippen LogP contribution in [0.15, 0.2) is 11.1 Å². The van der Waals surface area contributed by atoms with E-state index >= 15 is 0 Å². The molecule has 1 aromatic rings. The molecule has 0 saturated heterocycles. The Morgan fingerprint density at radius 3 is 2.67 bits per heavy atom. The van der Waals surface area contributed by atoms with Crippen LogP contribution < -0.4 is 11.3 Å². The highest BCUT2D eigenvalue weighted by Crippen LogP contribution is 2.31. The van der Waals surface area contributed by atoms with E-state index in [9.17, 15) is 13.2 Å². The number of thioether (sulfide) groups is 1. The van der Waals surface area contributed by atoms with Crippen molar-refractivity contribution < 1.29 is 18.3 Å². The molecule has 0 radical (unpaired) electrons. The second-order valence-electron chi connectivity index (χ2n) is 3.50. The Labute approximate surface area is 106 Å². The Balaban J connectivity index is 2.97. The van der Waals surface area contributed by atoms with E-state index in [0.29, 0.717) is 6.42 Å². The molecule has 4 N–H and O–H groups in total. The zero-order chi connectivity index (χ0) is 13.8. The first-order chi connectivity index (χ1) is 8.36. The molecule has 9 heteroatoms. The summed E-state index contributed by atoms with van der Waals surface area (Å²) in [4.78, 5) is 6.67. The van der Waals surface area contributed by atoms with E-state index < -0.39 is 12.0 Å². The van der Waals surface area contributed by atoms with Crippen molar-refractivity contribution in [1.82, 2.24) is 9.97 Å². The zero-order valence-electron chi connectivity index (χ0n) is 9.53. The molecular formula is C9H13F3N4OS. The first kappa shape index (κ1) is 15.0. The van der Waals surface area contributed by atoms with Gasteiger partial charge in [0.1, 0.15) is 10.8 Å². The predicted octanol–water partition coefficient (Wildman–Crippen LogP) is 1.64. The zero-order valence-corrected chi connectivity index (χ0v) is 10.3. The van der Waals surface area contributed by atoms with Crippen molar-refractivity contribution in [2.24, 2.45) is 5.84 Å². The smallest absolute Gasteiger partial charge is 0.396 e. The maximum Gasteiger partial charge on any atom is 0.451 e. The van der Waals surface area contributed by atoms with Crippen LogP contribution in [0, 0.1) is 0 Å². The number of nitrogens with zero attached hydrogens (tertiary/aromatic N) is 2. The highest BCUT2D eigenvalue weighted by atomic mass is 32.2. The van der Waals surface area contributed by atoms with Crippen molar-refractivity contribution in [3.8, 4) is 0 Å². The van der Waals surface area contributed by atoms with Gasteiger partial charge >= 0.3 is 6.18 Å². The molecular weight excluding hydrogens is 269 g/mol. The molecule has 18 heavy (non-hydrogen) atoms. The van der Waals surface area contributed by atoms with Gasteiger partial charge < -0.3 is 10.5 Å².